The number of amides is 1. The fourth-order valence-corrected chi connectivity index (χ4v) is 3.18. The van der Waals surface area contributed by atoms with Crippen LogP contribution < -0.4 is 21.3 Å². The lowest BCUT2D eigenvalue weighted by Crippen LogP contribution is -2.39. The van der Waals surface area contributed by atoms with Crippen molar-refractivity contribution in [3.05, 3.63) is 74.8 Å². The van der Waals surface area contributed by atoms with Crippen LogP contribution in [0.3, 0.4) is 0 Å². The highest BCUT2D eigenvalue weighted by atomic mass is 16.2. The molecular formula is C21H24N4O3. The molecule has 28 heavy (non-hydrogen) atoms. The van der Waals surface area contributed by atoms with Gasteiger partial charge in [0.25, 0.3) is 11.1 Å². The van der Waals surface area contributed by atoms with Crippen molar-refractivity contribution in [3.63, 3.8) is 0 Å². The Morgan fingerprint density at radius 2 is 1.86 bits per heavy atom. The Morgan fingerprint density at radius 1 is 1.11 bits per heavy atom. The van der Waals surface area contributed by atoms with Crippen molar-refractivity contribution in [2.45, 2.75) is 20.4 Å². The van der Waals surface area contributed by atoms with E-state index in [0.717, 1.165) is 16.9 Å². The molecule has 2 N–H and O–H groups in total. The molecule has 0 spiro atoms. The van der Waals surface area contributed by atoms with Gasteiger partial charge in [-0.25, -0.2) is 4.68 Å². The monoisotopic (exact) mass is 380 g/mol. The van der Waals surface area contributed by atoms with E-state index in [9.17, 15) is 14.4 Å². The molecule has 3 rings (SSSR count). The minimum atomic E-state index is -0.389. The largest absolute Gasteiger partial charge is 0.370 e. The van der Waals surface area contributed by atoms with Crippen LogP contribution in [-0.2, 0) is 11.3 Å². The third-order valence-corrected chi connectivity index (χ3v) is 4.64. The van der Waals surface area contributed by atoms with Gasteiger partial charge in [-0.05, 0) is 43.7 Å². The third kappa shape index (κ3) is 4.31. The molecule has 0 fully saturated rings. The van der Waals surface area contributed by atoms with Gasteiger partial charge >= 0.3 is 0 Å². The number of hydrogen-bond acceptors (Lipinski definition) is 4. The number of hydrogen-bond donors (Lipinski definition) is 2. The van der Waals surface area contributed by atoms with E-state index in [0.29, 0.717) is 23.9 Å². The maximum absolute atomic E-state index is 12.5. The van der Waals surface area contributed by atoms with Crippen molar-refractivity contribution in [1.29, 1.82) is 0 Å². The smallest absolute Gasteiger partial charge is 0.273 e. The lowest BCUT2D eigenvalue weighted by atomic mass is 10.2. The van der Waals surface area contributed by atoms with E-state index in [-0.39, 0.29) is 23.6 Å². The first-order valence-corrected chi connectivity index (χ1v) is 9.29. The molecule has 0 saturated heterocycles. The van der Waals surface area contributed by atoms with Crippen LogP contribution in [0, 0.1) is 6.92 Å². The lowest BCUT2D eigenvalue weighted by molar-refractivity contribution is -0.121. The number of rotatable bonds is 7. The summed E-state index contributed by atoms with van der Waals surface area (Å²) >= 11 is 0. The summed E-state index contributed by atoms with van der Waals surface area (Å²) in [5, 5.41) is 5.90. The molecule has 0 bridgehead atoms. The molecule has 3 aromatic rings. The summed E-state index contributed by atoms with van der Waals surface area (Å²) in [6, 6.07) is 14.8. The van der Waals surface area contributed by atoms with Crippen molar-refractivity contribution in [2.24, 2.45) is 0 Å². The summed E-state index contributed by atoms with van der Waals surface area (Å²) in [6.07, 6.45) is 0. The Balaban J connectivity index is 1.63. The van der Waals surface area contributed by atoms with Crippen LogP contribution in [0.1, 0.15) is 12.5 Å². The van der Waals surface area contributed by atoms with Crippen LogP contribution in [0.2, 0.25) is 0 Å². The summed E-state index contributed by atoms with van der Waals surface area (Å²) in [5.74, 6) is -0.326. The highest BCUT2D eigenvalue weighted by Gasteiger charge is 2.10. The number of H-pyrrole nitrogens is 1. The molecule has 2 aromatic carbocycles. The van der Waals surface area contributed by atoms with Crippen molar-refractivity contribution in [3.8, 4) is 0 Å². The van der Waals surface area contributed by atoms with E-state index in [1.54, 1.807) is 24.3 Å². The van der Waals surface area contributed by atoms with Crippen molar-refractivity contribution < 1.29 is 4.79 Å². The second-order valence-electron chi connectivity index (χ2n) is 6.65. The average Bonchev–Trinajstić information content (AvgIpc) is 2.69. The van der Waals surface area contributed by atoms with Gasteiger partial charge in [0.05, 0.1) is 10.8 Å². The summed E-state index contributed by atoms with van der Waals surface area (Å²) in [5.41, 5.74) is 1.51. The summed E-state index contributed by atoms with van der Waals surface area (Å²) in [7, 11) is 0. The Bertz CT molecular complexity index is 1100. The number of anilines is 1. The predicted octanol–water partition coefficient (Wildman–Crippen LogP) is 1.64. The van der Waals surface area contributed by atoms with Gasteiger partial charge in [0, 0.05) is 25.3 Å². The van der Waals surface area contributed by atoms with Crippen molar-refractivity contribution >= 4 is 22.4 Å². The number of nitrogens with one attached hydrogen (secondary N) is 2. The van der Waals surface area contributed by atoms with E-state index in [1.165, 1.54) is 5.56 Å². The van der Waals surface area contributed by atoms with Gasteiger partial charge in [-0.1, -0.05) is 24.3 Å². The standard InChI is InChI=1S/C21H24N4O3/c1-3-24(16-8-6-7-15(2)13-16)12-11-22-19(26)14-25-21(28)18-10-5-4-9-17(18)20(27)23-25/h4-10,13H,3,11-12,14H2,1-2H3,(H,22,26)(H,23,27). The minimum absolute atomic E-state index is 0.227. The van der Waals surface area contributed by atoms with Crippen molar-refractivity contribution in [2.75, 3.05) is 24.5 Å². The topological polar surface area (TPSA) is 87.2 Å². The number of fused-ring (bicyclic) bond motifs is 1. The number of likely N-dealkylation sites (N-methyl/N-ethyl adjacent to an activating group) is 1. The maximum Gasteiger partial charge on any atom is 0.273 e. The fourth-order valence-electron chi connectivity index (χ4n) is 3.18. The molecule has 0 atom stereocenters. The van der Waals surface area contributed by atoms with Crippen LogP contribution in [0.4, 0.5) is 5.69 Å². The first-order valence-electron chi connectivity index (χ1n) is 9.29. The Kier molecular flexibility index (Phi) is 5.93. The lowest BCUT2D eigenvalue weighted by Gasteiger charge is -2.23. The zero-order valence-electron chi connectivity index (χ0n) is 16.1. The number of carbonyl (C=O) groups is 1. The minimum Gasteiger partial charge on any atom is -0.370 e. The number of benzene rings is 2. The zero-order chi connectivity index (χ0) is 20.1. The van der Waals surface area contributed by atoms with E-state index < -0.39 is 0 Å². The van der Waals surface area contributed by atoms with E-state index in [2.05, 4.69) is 28.3 Å². The quantitative estimate of drug-likeness (QED) is 0.652. The SMILES string of the molecule is CCN(CCNC(=O)Cn1[nH]c(=O)c2ccccc2c1=O)c1cccc(C)c1. The van der Waals surface area contributed by atoms with Crippen LogP contribution in [0.25, 0.3) is 10.8 Å². The summed E-state index contributed by atoms with van der Waals surface area (Å²) in [4.78, 5) is 39.0. The Morgan fingerprint density at radius 3 is 2.57 bits per heavy atom. The summed E-state index contributed by atoms with van der Waals surface area (Å²) in [6.45, 7) is 5.78. The van der Waals surface area contributed by atoms with Gasteiger partial charge in [0.15, 0.2) is 0 Å². The Labute approximate surface area is 162 Å². The second kappa shape index (κ2) is 8.56. The molecule has 1 amide bonds. The number of aromatic nitrogens is 2. The molecule has 0 aliphatic carbocycles. The molecule has 7 nitrogen and oxygen atoms in total. The van der Waals surface area contributed by atoms with Crippen LogP contribution in [0.15, 0.2) is 58.1 Å². The molecule has 0 saturated carbocycles. The zero-order valence-corrected chi connectivity index (χ0v) is 16.1. The van der Waals surface area contributed by atoms with Gasteiger partial charge in [-0.3, -0.25) is 19.5 Å². The van der Waals surface area contributed by atoms with Crippen LogP contribution >= 0.6 is 0 Å². The number of carbonyl (C=O) groups excluding carboxylic acids is 1. The van der Waals surface area contributed by atoms with E-state index in [4.69, 9.17) is 0 Å². The molecule has 0 aliphatic rings. The van der Waals surface area contributed by atoms with E-state index in [1.807, 2.05) is 25.1 Å². The van der Waals surface area contributed by atoms with Gasteiger partial charge in [-0.2, -0.15) is 0 Å². The molecule has 1 aromatic heterocycles. The fraction of sp³-hybridized carbons (Fsp3) is 0.286. The average molecular weight is 380 g/mol. The third-order valence-electron chi connectivity index (χ3n) is 4.64. The molecule has 146 valence electrons. The molecule has 7 heteroatoms. The summed E-state index contributed by atoms with van der Waals surface area (Å²) < 4.78 is 1.05. The van der Waals surface area contributed by atoms with Gasteiger partial charge in [0.1, 0.15) is 6.54 Å². The first-order chi connectivity index (χ1) is 13.5. The van der Waals surface area contributed by atoms with Crippen LogP contribution in [-0.4, -0.2) is 35.3 Å². The van der Waals surface area contributed by atoms with Crippen LogP contribution in [0.5, 0.6) is 0 Å². The predicted molar refractivity (Wildman–Crippen MR) is 111 cm³/mol. The van der Waals surface area contributed by atoms with Crippen molar-refractivity contribution in [1.82, 2.24) is 15.1 Å². The van der Waals surface area contributed by atoms with E-state index >= 15 is 0 Å². The normalized spacial score (nSPS) is 10.8. The van der Waals surface area contributed by atoms with Gasteiger partial charge in [0.2, 0.25) is 5.91 Å². The molecule has 0 aliphatic heterocycles. The Hall–Kier alpha value is -3.35. The molecule has 0 unspecified atom stereocenters. The molecule has 1 heterocycles. The van der Waals surface area contributed by atoms with Gasteiger partial charge < -0.3 is 10.2 Å². The number of nitrogens with zero attached hydrogens (tertiary/aromatic N) is 2. The number of aromatic amines is 1. The second-order valence-corrected chi connectivity index (χ2v) is 6.65. The highest BCUT2D eigenvalue weighted by Crippen LogP contribution is 2.14. The highest BCUT2D eigenvalue weighted by molar-refractivity contribution is 5.81. The maximum atomic E-state index is 12.5. The first kappa shape index (κ1) is 19.4. The van der Waals surface area contributed by atoms with Gasteiger partial charge in [-0.15, -0.1) is 0 Å². The molecule has 0 radical (unpaired) electrons. The number of aryl methyl sites for hydroxylation is 1. The molecular weight excluding hydrogens is 356 g/mol.